The number of nitrogens with zero attached hydrogens (tertiary/aromatic N) is 1. The predicted molar refractivity (Wildman–Crippen MR) is 72.3 cm³/mol. The molecule has 0 spiro atoms. The maximum Gasteiger partial charge on any atom is 0.271 e. The van der Waals surface area contributed by atoms with Gasteiger partial charge in [-0.15, -0.1) is 0 Å². The van der Waals surface area contributed by atoms with Crippen LogP contribution in [-0.4, -0.2) is 12.1 Å². The molecule has 0 saturated carbocycles. The summed E-state index contributed by atoms with van der Waals surface area (Å²) >= 11 is 0. The van der Waals surface area contributed by atoms with Gasteiger partial charge in [0.15, 0.2) is 0 Å². The van der Waals surface area contributed by atoms with Gasteiger partial charge in [0.1, 0.15) is 5.82 Å². The molecule has 0 fully saturated rings. The monoisotopic (exact) mass is 257 g/mol. The van der Waals surface area contributed by atoms with Crippen LogP contribution in [-0.2, 0) is 0 Å². The second kappa shape index (κ2) is 5.77. The van der Waals surface area contributed by atoms with Crippen LogP contribution in [0.15, 0.2) is 53.6 Å². The maximum atomic E-state index is 12.7. The lowest BCUT2D eigenvalue weighted by Crippen LogP contribution is -2.17. The van der Waals surface area contributed by atoms with Crippen molar-refractivity contribution in [1.29, 1.82) is 0 Å². The van der Waals surface area contributed by atoms with Crippen molar-refractivity contribution in [3.8, 4) is 0 Å². The Morgan fingerprint density at radius 2 is 1.74 bits per heavy atom. The Morgan fingerprint density at radius 3 is 2.37 bits per heavy atom. The van der Waals surface area contributed by atoms with E-state index in [4.69, 9.17) is 5.73 Å². The summed E-state index contributed by atoms with van der Waals surface area (Å²) in [6.45, 7) is 0. The molecule has 3 N–H and O–H groups in total. The standard InChI is InChI=1S/C14H12FN3O/c15-12-5-1-10(2-6-12)9-17-18-14(19)11-3-7-13(16)8-4-11/h1-9H,16H2,(H,18,19)/b17-9-. The summed E-state index contributed by atoms with van der Waals surface area (Å²) < 4.78 is 12.7. The van der Waals surface area contributed by atoms with Crippen LogP contribution in [0.2, 0.25) is 0 Å². The van der Waals surface area contributed by atoms with E-state index >= 15 is 0 Å². The van der Waals surface area contributed by atoms with Crippen molar-refractivity contribution in [2.45, 2.75) is 0 Å². The van der Waals surface area contributed by atoms with E-state index in [-0.39, 0.29) is 11.7 Å². The fraction of sp³-hybridized carbons (Fsp3) is 0. The predicted octanol–water partition coefficient (Wildman–Crippen LogP) is 2.17. The molecule has 5 heteroatoms. The topological polar surface area (TPSA) is 67.5 Å². The maximum absolute atomic E-state index is 12.7. The van der Waals surface area contributed by atoms with Gasteiger partial charge in [0, 0.05) is 11.3 Å². The quantitative estimate of drug-likeness (QED) is 0.502. The third-order valence-corrected chi connectivity index (χ3v) is 2.42. The SMILES string of the molecule is Nc1ccc(C(=O)N/N=C\c2ccc(F)cc2)cc1. The van der Waals surface area contributed by atoms with Crippen molar-refractivity contribution in [3.05, 3.63) is 65.5 Å². The molecule has 96 valence electrons. The molecule has 0 aliphatic heterocycles. The highest BCUT2D eigenvalue weighted by atomic mass is 19.1. The third kappa shape index (κ3) is 3.64. The van der Waals surface area contributed by atoms with Gasteiger partial charge in [-0.3, -0.25) is 4.79 Å². The normalized spacial score (nSPS) is 10.6. The molecule has 4 nitrogen and oxygen atoms in total. The molecular weight excluding hydrogens is 245 g/mol. The van der Waals surface area contributed by atoms with E-state index in [0.717, 1.165) is 0 Å². The van der Waals surface area contributed by atoms with Crippen molar-refractivity contribution in [3.63, 3.8) is 0 Å². The number of halogens is 1. The van der Waals surface area contributed by atoms with Gasteiger partial charge in [-0.25, -0.2) is 9.82 Å². The first-order valence-electron chi connectivity index (χ1n) is 5.59. The highest BCUT2D eigenvalue weighted by Crippen LogP contribution is 2.05. The summed E-state index contributed by atoms with van der Waals surface area (Å²) in [4.78, 5) is 11.7. The van der Waals surface area contributed by atoms with E-state index in [1.165, 1.54) is 18.3 Å². The largest absolute Gasteiger partial charge is 0.399 e. The number of amides is 1. The Kier molecular flexibility index (Phi) is 3.87. The summed E-state index contributed by atoms with van der Waals surface area (Å²) in [7, 11) is 0. The number of benzene rings is 2. The first kappa shape index (κ1) is 12.8. The number of hydrogen-bond donors (Lipinski definition) is 2. The second-order valence-corrected chi connectivity index (χ2v) is 3.87. The van der Waals surface area contributed by atoms with Crippen LogP contribution < -0.4 is 11.2 Å². The molecule has 0 aliphatic carbocycles. The molecule has 0 saturated heterocycles. The van der Waals surface area contributed by atoms with Crippen LogP contribution in [0.1, 0.15) is 15.9 Å². The van der Waals surface area contributed by atoms with Crippen LogP contribution in [0.3, 0.4) is 0 Å². The Balaban J connectivity index is 1.96. The van der Waals surface area contributed by atoms with Gasteiger partial charge in [-0.2, -0.15) is 5.10 Å². The number of nitrogens with one attached hydrogen (secondary N) is 1. The molecule has 2 rings (SSSR count). The van der Waals surface area contributed by atoms with Gasteiger partial charge in [0.2, 0.25) is 0 Å². The summed E-state index contributed by atoms with van der Waals surface area (Å²) in [5.74, 6) is -0.651. The van der Waals surface area contributed by atoms with Crippen molar-refractivity contribution < 1.29 is 9.18 Å². The fourth-order valence-corrected chi connectivity index (χ4v) is 1.41. The van der Waals surface area contributed by atoms with Gasteiger partial charge in [-0.05, 0) is 42.0 Å². The first-order chi connectivity index (χ1) is 9.15. The van der Waals surface area contributed by atoms with Gasteiger partial charge in [0.05, 0.1) is 6.21 Å². The Labute approximate surface area is 109 Å². The van der Waals surface area contributed by atoms with Crippen molar-refractivity contribution in [1.82, 2.24) is 5.43 Å². The van der Waals surface area contributed by atoms with Gasteiger partial charge in [0.25, 0.3) is 5.91 Å². The van der Waals surface area contributed by atoms with Gasteiger partial charge in [-0.1, -0.05) is 12.1 Å². The second-order valence-electron chi connectivity index (χ2n) is 3.87. The van der Waals surface area contributed by atoms with Gasteiger partial charge >= 0.3 is 0 Å². The average molecular weight is 257 g/mol. The zero-order valence-corrected chi connectivity index (χ0v) is 10.0. The summed E-state index contributed by atoms with van der Waals surface area (Å²) in [5, 5.41) is 3.79. The number of hydrazone groups is 1. The van der Waals surface area contributed by atoms with Crippen molar-refractivity contribution in [2.24, 2.45) is 5.10 Å². The molecule has 0 radical (unpaired) electrons. The Bertz CT molecular complexity index is 591. The van der Waals surface area contributed by atoms with E-state index in [1.54, 1.807) is 36.4 Å². The van der Waals surface area contributed by atoms with E-state index in [9.17, 15) is 9.18 Å². The summed E-state index contributed by atoms with van der Waals surface area (Å²) in [5.41, 5.74) is 9.65. The molecule has 2 aromatic carbocycles. The lowest BCUT2D eigenvalue weighted by molar-refractivity contribution is 0.0955. The van der Waals surface area contributed by atoms with Crippen molar-refractivity contribution >= 4 is 17.8 Å². The highest BCUT2D eigenvalue weighted by molar-refractivity contribution is 5.95. The lowest BCUT2D eigenvalue weighted by atomic mass is 10.2. The van der Waals surface area contributed by atoms with Crippen LogP contribution in [0, 0.1) is 5.82 Å². The summed E-state index contributed by atoms with van der Waals surface area (Å²) in [6.07, 6.45) is 1.44. The Hall–Kier alpha value is -2.69. The number of hydrogen-bond acceptors (Lipinski definition) is 3. The van der Waals surface area contributed by atoms with Gasteiger partial charge < -0.3 is 5.73 Å². The molecule has 19 heavy (non-hydrogen) atoms. The van der Waals surface area contributed by atoms with E-state index in [1.807, 2.05) is 0 Å². The van der Waals surface area contributed by atoms with E-state index < -0.39 is 0 Å². The number of nitrogen functional groups attached to an aromatic ring is 1. The molecule has 0 unspecified atom stereocenters. The molecule has 0 aromatic heterocycles. The first-order valence-corrected chi connectivity index (χ1v) is 5.59. The molecule has 0 aliphatic rings. The number of anilines is 1. The van der Waals surface area contributed by atoms with E-state index in [2.05, 4.69) is 10.5 Å². The molecule has 2 aromatic rings. The Morgan fingerprint density at radius 1 is 1.11 bits per heavy atom. The van der Waals surface area contributed by atoms with Crippen LogP contribution >= 0.6 is 0 Å². The minimum absolute atomic E-state index is 0.317. The lowest BCUT2D eigenvalue weighted by Gasteiger charge is -2.00. The number of carbonyl (C=O) groups excluding carboxylic acids is 1. The smallest absolute Gasteiger partial charge is 0.271 e. The minimum atomic E-state index is -0.335. The zero-order chi connectivity index (χ0) is 13.7. The molecule has 0 atom stereocenters. The number of nitrogens with two attached hydrogens (primary N) is 1. The third-order valence-electron chi connectivity index (χ3n) is 2.42. The number of carbonyl (C=O) groups is 1. The summed E-state index contributed by atoms with van der Waals surface area (Å²) in [6, 6.07) is 12.3. The minimum Gasteiger partial charge on any atom is -0.399 e. The highest BCUT2D eigenvalue weighted by Gasteiger charge is 2.02. The number of rotatable bonds is 3. The average Bonchev–Trinajstić information content (AvgIpc) is 2.41. The molecular formula is C14H12FN3O. The zero-order valence-electron chi connectivity index (χ0n) is 10.0. The van der Waals surface area contributed by atoms with Crippen LogP contribution in [0.25, 0.3) is 0 Å². The van der Waals surface area contributed by atoms with E-state index in [0.29, 0.717) is 16.8 Å². The van der Waals surface area contributed by atoms with Crippen LogP contribution in [0.5, 0.6) is 0 Å². The molecule has 0 heterocycles. The fourth-order valence-electron chi connectivity index (χ4n) is 1.41. The molecule has 0 bridgehead atoms. The van der Waals surface area contributed by atoms with Crippen LogP contribution in [0.4, 0.5) is 10.1 Å². The van der Waals surface area contributed by atoms with Crippen molar-refractivity contribution in [2.75, 3.05) is 5.73 Å². The molecule has 1 amide bonds.